The van der Waals surface area contributed by atoms with E-state index in [2.05, 4.69) is 46.0 Å². The molecule has 0 spiro atoms. The van der Waals surface area contributed by atoms with Crippen molar-refractivity contribution in [3.8, 4) is 11.1 Å². The van der Waals surface area contributed by atoms with Crippen molar-refractivity contribution in [2.45, 2.75) is 38.8 Å². The second kappa shape index (κ2) is 9.12. The molecule has 3 aromatic rings. The third-order valence-corrected chi connectivity index (χ3v) is 6.33. The number of amides is 1. The highest BCUT2D eigenvalue weighted by molar-refractivity contribution is 7.08. The second-order valence-electron chi connectivity index (χ2n) is 8.90. The van der Waals surface area contributed by atoms with Crippen LogP contribution in [0, 0.1) is 5.82 Å². The minimum Gasteiger partial charge on any atom is -0.444 e. The van der Waals surface area contributed by atoms with Crippen LogP contribution in [0.5, 0.6) is 0 Å². The van der Waals surface area contributed by atoms with Crippen LogP contribution in [0.25, 0.3) is 11.1 Å². The van der Waals surface area contributed by atoms with Gasteiger partial charge in [-0.25, -0.2) is 9.18 Å². The molecule has 1 aliphatic heterocycles. The van der Waals surface area contributed by atoms with Gasteiger partial charge in [-0.3, -0.25) is 0 Å². The molecule has 4 rings (SSSR count). The lowest BCUT2D eigenvalue weighted by molar-refractivity contribution is 0.0293. The van der Waals surface area contributed by atoms with Crippen molar-refractivity contribution >= 4 is 40.4 Å². The number of benzene rings is 2. The number of carbonyl (C=O) groups excluding carboxylic acids is 1. The van der Waals surface area contributed by atoms with Gasteiger partial charge in [0, 0.05) is 24.5 Å². The van der Waals surface area contributed by atoms with E-state index >= 15 is 0 Å². The maximum Gasteiger partial charge on any atom is 0.410 e. The van der Waals surface area contributed by atoms with E-state index < -0.39 is 11.4 Å². The summed E-state index contributed by atoms with van der Waals surface area (Å²) in [6.07, 6.45) is 0.449. The van der Waals surface area contributed by atoms with E-state index in [1.54, 1.807) is 28.4 Å². The van der Waals surface area contributed by atoms with Crippen LogP contribution in [0.3, 0.4) is 0 Å². The number of anilines is 2. The van der Waals surface area contributed by atoms with E-state index in [1.165, 1.54) is 11.6 Å². The molecule has 0 bridgehead atoms. The van der Waals surface area contributed by atoms with Gasteiger partial charge in [0.15, 0.2) is 0 Å². The van der Waals surface area contributed by atoms with Gasteiger partial charge in [0.1, 0.15) is 11.4 Å². The first-order chi connectivity index (χ1) is 15.2. The number of hydrogen-bond acceptors (Lipinski definition) is 4. The van der Waals surface area contributed by atoms with Gasteiger partial charge in [-0.05, 0) is 85.5 Å². The van der Waals surface area contributed by atoms with Crippen molar-refractivity contribution in [3.05, 3.63) is 70.1 Å². The third-order valence-electron chi connectivity index (χ3n) is 5.36. The average Bonchev–Trinajstić information content (AvgIpc) is 3.43. The molecule has 7 heteroatoms. The van der Waals surface area contributed by atoms with E-state index in [-0.39, 0.29) is 17.2 Å². The second-order valence-corrected chi connectivity index (χ2v) is 10.1. The van der Waals surface area contributed by atoms with Gasteiger partial charge in [-0.2, -0.15) is 11.3 Å². The van der Waals surface area contributed by atoms with Crippen molar-refractivity contribution < 1.29 is 13.9 Å². The summed E-state index contributed by atoms with van der Waals surface area (Å²) in [5, 5.41) is 4.24. The van der Waals surface area contributed by atoms with E-state index in [4.69, 9.17) is 16.3 Å². The lowest BCUT2D eigenvalue weighted by atomic mass is 10.1. The standard InChI is InChI=1S/C25H26ClFN2O2S/c1-25(2,3)31-24(30)28-12-10-21(15-28)29(20-8-9-23(27)22(26)14-20)19-6-4-17(5-7-19)18-11-13-32-16-18/h4-9,11,13-14,16,21H,10,12,15H2,1-3H3. The summed E-state index contributed by atoms with van der Waals surface area (Å²) in [7, 11) is 0. The maximum atomic E-state index is 13.9. The minimum atomic E-state index is -0.545. The first kappa shape index (κ1) is 22.6. The molecule has 4 nitrogen and oxygen atoms in total. The van der Waals surface area contributed by atoms with Crippen LogP contribution < -0.4 is 4.90 Å². The Morgan fingerprint density at radius 1 is 1.12 bits per heavy atom. The number of hydrogen-bond donors (Lipinski definition) is 0. The van der Waals surface area contributed by atoms with Crippen LogP contribution in [0.4, 0.5) is 20.6 Å². The summed E-state index contributed by atoms with van der Waals surface area (Å²) in [6.45, 7) is 6.69. The Hall–Kier alpha value is -2.57. The number of halogens is 2. The molecule has 1 aliphatic rings. The van der Waals surface area contributed by atoms with Crippen molar-refractivity contribution in [2.24, 2.45) is 0 Å². The lowest BCUT2D eigenvalue weighted by Crippen LogP contribution is -2.39. The topological polar surface area (TPSA) is 32.8 Å². The van der Waals surface area contributed by atoms with Crippen molar-refractivity contribution in [1.29, 1.82) is 0 Å². The molecule has 1 atom stereocenters. The zero-order chi connectivity index (χ0) is 22.9. The number of carbonyl (C=O) groups is 1. The highest BCUT2D eigenvalue weighted by Gasteiger charge is 2.34. The van der Waals surface area contributed by atoms with E-state index in [0.29, 0.717) is 13.1 Å². The summed E-state index contributed by atoms with van der Waals surface area (Å²) in [5.74, 6) is -0.454. The molecule has 0 N–H and O–H groups in total. The highest BCUT2D eigenvalue weighted by Crippen LogP contribution is 2.35. The quantitative estimate of drug-likeness (QED) is 0.397. The molecule has 0 aliphatic carbocycles. The summed E-state index contributed by atoms with van der Waals surface area (Å²) in [5.41, 5.74) is 3.51. The maximum absolute atomic E-state index is 13.9. The number of thiophene rings is 1. The number of rotatable bonds is 4. The summed E-state index contributed by atoms with van der Waals surface area (Å²) in [6, 6.07) is 15.1. The van der Waals surface area contributed by atoms with E-state index in [1.807, 2.05) is 20.8 Å². The highest BCUT2D eigenvalue weighted by atomic mass is 35.5. The van der Waals surface area contributed by atoms with Crippen LogP contribution in [-0.4, -0.2) is 35.7 Å². The Kier molecular flexibility index (Phi) is 6.45. The first-order valence-corrected chi connectivity index (χ1v) is 11.9. The largest absolute Gasteiger partial charge is 0.444 e. The van der Waals surface area contributed by atoms with Crippen LogP contribution in [0.15, 0.2) is 59.3 Å². The lowest BCUT2D eigenvalue weighted by Gasteiger charge is -2.32. The third kappa shape index (κ3) is 5.08. The van der Waals surface area contributed by atoms with Crippen LogP contribution in [0.1, 0.15) is 27.2 Å². The molecule has 32 heavy (non-hydrogen) atoms. The molecule has 2 aromatic carbocycles. The molecule has 1 amide bonds. The van der Waals surface area contributed by atoms with Gasteiger partial charge in [-0.1, -0.05) is 23.7 Å². The van der Waals surface area contributed by atoms with Gasteiger partial charge >= 0.3 is 6.09 Å². The molecule has 0 saturated carbocycles. The van der Waals surface area contributed by atoms with E-state index in [9.17, 15) is 9.18 Å². The van der Waals surface area contributed by atoms with Crippen LogP contribution in [-0.2, 0) is 4.74 Å². The Morgan fingerprint density at radius 3 is 2.47 bits per heavy atom. The van der Waals surface area contributed by atoms with Crippen LogP contribution >= 0.6 is 22.9 Å². The fraction of sp³-hybridized carbons (Fsp3) is 0.320. The Bertz CT molecular complexity index is 1080. The monoisotopic (exact) mass is 472 g/mol. The Balaban J connectivity index is 1.63. The van der Waals surface area contributed by atoms with Crippen LogP contribution in [0.2, 0.25) is 5.02 Å². The average molecular weight is 473 g/mol. The molecule has 1 unspecified atom stereocenters. The van der Waals surface area contributed by atoms with Gasteiger partial charge in [0.25, 0.3) is 0 Å². The first-order valence-electron chi connectivity index (χ1n) is 10.6. The summed E-state index contributed by atoms with van der Waals surface area (Å²) in [4.78, 5) is 16.5. The molecule has 2 heterocycles. The number of likely N-dealkylation sites (tertiary alicyclic amines) is 1. The molecule has 0 radical (unpaired) electrons. The summed E-state index contributed by atoms with van der Waals surface area (Å²) < 4.78 is 19.4. The van der Waals surface area contributed by atoms with Gasteiger partial charge < -0.3 is 14.5 Å². The van der Waals surface area contributed by atoms with Crippen molar-refractivity contribution in [3.63, 3.8) is 0 Å². The van der Waals surface area contributed by atoms with Gasteiger partial charge in [-0.15, -0.1) is 0 Å². The molecular weight excluding hydrogens is 447 g/mol. The Morgan fingerprint density at radius 2 is 1.84 bits per heavy atom. The van der Waals surface area contributed by atoms with E-state index in [0.717, 1.165) is 23.4 Å². The smallest absolute Gasteiger partial charge is 0.410 e. The summed E-state index contributed by atoms with van der Waals surface area (Å²) >= 11 is 7.77. The number of ether oxygens (including phenoxy) is 1. The molecule has 1 fully saturated rings. The van der Waals surface area contributed by atoms with Gasteiger partial charge in [0.05, 0.1) is 11.1 Å². The fourth-order valence-electron chi connectivity index (χ4n) is 3.89. The fourth-order valence-corrected chi connectivity index (χ4v) is 4.73. The molecule has 1 saturated heterocycles. The normalized spacial score (nSPS) is 16.3. The zero-order valence-corrected chi connectivity index (χ0v) is 19.9. The molecule has 1 aromatic heterocycles. The van der Waals surface area contributed by atoms with Crippen molar-refractivity contribution in [1.82, 2.24) is 4.90 Å². The zero-order valence-electron chi connectivity index (χ0n) is 18.3. The van der Waals surface area contributed by atoms with Gasteiger partial charge in [0.2, 0.25) is 0 Å². The minimum absolute atomic E-state index is 0.0102. The predicted molar refractivity (Wildman–Crippen MR) is 130 cm³/mol. The molecular formula is C25H26ClFN2O2S. The predicted octanol–water partition coefficient (Wildman–Crippen LogP) is 7.36. The number of nitrogens with zero attached hydrogens (tertiary/aromatic N) is 2. The van der Waals surface area contributed by atoms with Crippen molar-refractivity contribution in [2.75, 3.05) is 18.0 Å². The molecule has 168 valence electrons. The SMILES string of the molecule is CC(C)(C)OC(=O)N1CCC(N(c2ccc(-c3ccsc3)cc2)c2ccc(F)c(Cl)c2)C1. The Labute approximate surface area is 197 Å².